The number of benzene rings is 2. The molecule has 0 fully saturated rings. The molecule has 2 aromatic carbocycles. The van der Waals surface area contributed by atoms with Gasteiger partial charge in [-0.05, 0) is 30.3 Å². The molecule has 0 aliphatic heterocycles. The maximum Gasteiger partial charge on any atom is 0.230 e. The molecule has 0 aliphatic carbocycles. The minimum Gasteiger partial charge on any atom is -0.436 e. The lowest BCUT2D eigenvalue weighted by molar-refractivity contribution is 0.105. The van der Waals surface area contributed by atoms with E-state index in [1.54, 1.807) is 24.3 Å². The van der Waals surface area contributed by atoms with Crippen LogP contribution in [0.15, 0.2) is 46.9 Å². The Morgan fingerprint density at radius 1 is 1.23 bits per heavy atom. The fourth-order valence-corrected chi connectivity index (χ4v) is 2.09. The van der Waals surface area contributed by atoms with Gasteiger partial charge in [-0.3, -0.25) is 0 Å². The number of hydrogen-bond acceptors (Lipinski definition) is 5. The van der Waals surface area contributed by atoms with Crippen molar-refractivity contribution in [3.8, 4) is 11.5 Å². The van der Waals surface area contributed by atoms with E-state index in [2.05, 4.69) is 10.3 Å². The Kier molecular flexibility index (Phi) is 4.04. The molecule has 0 saturated heterocycles. The summed E-state index contributed by atoms with van der Waals surface area (Å²) in [6.07, 6.45) is -0.877. The number of oxazole rings is 1. The molecule has 3 rings (SSSR count). The van der Waals surface area contributed by atoms with Crippen LogP contribution in [0.5, 0.6) is 0 Å². The smallest absolute Gasteiger partial charge is 0.230 e. The number of fused-ring (bicyclic) bond motifs is 1. The third-order valence-electron chi connectivity index (χ3n) is 3.24. The van der Waals surface area contributed by atoms with Gasteiger partial charge in [0.1, 0.15) is 11.3 Å². The summed E-state index contributed by atoms with van der Waals surface area (Å²) in [6.45, 7) is -0.179. The molecule has 0 radical (unpaired) electrons. The lowest BCUT2D eigenvalue weighted by Crippen LogP contribution is -2.22. The van der Waals surface area contributed by atoms with Gasteiger partial charge in [0.25, 0.3) is 0 Å². The molecule has 1 heterocycles. The highest BCUT2D eigenvalue weighted by Gasteiger charge is 2.13. The van der Waals surface area contributed by atoms with Gasteiger partial charge in [0.05, 0.1) is 18.3 Å². The molecule has 0 aliphatic rings. The summed E-state index contributed by atoms with van der Waals surface area (Å²) in [6, 6.07) is 11.6. The van der Waals surface area contributed by atoms with Crippen molar-refractivity contribution in [2.24, 2.45) is 0 Å². The largest absolute Gasteiger partial charge is 0.436 e. The third-order valence-corrected chi connectivity index (χ3v) is 3.24. The summed E-state index contributed by atoms with van der Waals surface area (Å²) >= 11 is 0. The maximum atomic E-state index is 14.0. The van der Waals surface area contributed by atoms with Gasteiger partial charge in [-0.1, -0.05) is 12.1 Å². The van der Waals surface area contributed by atoms with Crippen LogP contribution in [0.1, 0.15) is 0 Å². The van der Waals surface area contributed by atoms with E-state index in [1.807, 2.05) is 12.1 Å². The predicted octanol–water partition coefficient (Wildman–Crippen LogP) is 2.40. The number of para-hydroxylation sites is 2. The second-order valence-corrected chi connectivity index (χ2v) is 4.90. The first-order valence-electron chi connectivity index (χ1n) is 6.85. The molecule has 0 saturated carbocycles. The first kappa shape index (κ1) is 14.5. The number of aliphatic hydroxyl groups is 2. The number of rotatable bonds is 5. The molecule has 6 heteroatoms. The molecule has 0 spiro atoms. The van der Waals surface area contributed by atoms with E-state index in [-0.39, 0.29) is 24.6 Å². The van der Waals surface area contributed by atoms with Gasteiger partial charge in [-0.25, -0.2) is 9.37 Å². The van der Waals surface area contributed by atoms with Crippen LogP contribution >= 0.6 is 0 Å². The molecule has 114 valence electrons. The second-order valence-electron chi connectivity index (χ2n) is 4.90. The van der Waals surface area contributed by atoms with Crippen LogP contribution < -0.4 is 5.32 Å². The van der Waals surface area contributed by atoms with Crippen molar-refractivity contribution >= 4 is 16.8 Å². The Hall–Kier alpha value is -2.44. The van der Waals surface area contributed by atoms with Crippen molar-refractivity contribution in [2.75, 3.05) is 18.5 Å². The molecule has 22 heavy (non-hydrogen) atoms. The SMILES string of the molecule is OCC(O)CNc1ccc(F)c(-c2nc3ccccc3o2)c1. The Balaban J connectivity index is 1.92. The van der Waals surface area contributed by atoms with E-state index in [0.717, 1.165) is 0 Å². The molecule has 0 bridgehead atoms. The van der Waals surface area contributed by atoms with E-state index in [1.165, 1.54) is 6.07 Å². The van der Waals surface area contributed by atoms with Crippen LogP contribution in [-0.2, 0) is 0 Å². The number of halogens is 1. The fourth-order valence-electron chi connectivity index (χ4n) is 2.09. The highest BCUT2D eigenvalue weighted by Crippen LogP contribution is 2.28. The summed E-state index contributed by atoms with van der Waals surface area (Å²) in [4.78, 5) is 4.27. The Labute approximate surface area is 126 Å². The van der Waals surface area contributed by atoms with E-state index >= 15 is 0 Å². The van der Waals surface area contributed by atoms with Crippen LogP contribution in [0.2, 0.25) is 0 Å². The summed E-state index contributed by atoms with van der Waals surface area (Å²) in [5.41, 5.74) is 2.09. The molecule has 3 N–H and O–H groups in total. The van der Waals surface area contributed by atoms with Crippen molar-refractivity contribution in [1.82, 2.24) is 4.98 Å². The lowest BCUT2D eigenvalue weighted by atomic mass is 10.2. The average molecular weight is 302 g/mol. The van der Waals surface area contributed by atoms with Crippen LogP contribution in [-0.4, -0.2) is 34.5 Å². The van der Waals surface area contributed by atoms with E-state index in [0.29, 0.717) is 16.8 Å². The number of nitrogens with zero attached hydrogens (tertiary/aromatic N) is 1. The summed E-state index contributed by atoms with van der Waals surface area (Å²) in [5.74, 6) is -0.245. The number of nitrogens with one attached hydrogen (secondary N) is 1. The minimum atomic E-state index is -0.877. The third kappa shape index (κ3) is 2.93. The van der Waals surface area contributed by atoms with Crippen LogP contribution in [0.25, 0.3) is 22.6 Å². The molecule has 3 aromatic rings. The number of aromatic nitrogens is 1. The standard InChI is InChI=1S/C16H15FN2O3/c17-13-6-5-10(18-8-11(21)9-20)7-12(13)16-19-14-3-1-2-4-15(14)22-16/h1-7,11,18,20-21H,8-9H2. The quantitative estimate of drug-likeness (QED) is 0.674. The average Bonchev–Trinajstić information content (AvgIpc) is 2.97. The summed E-state index contributed by atoms with van der Waals surface area (Å²) in [7, 11) is 0. The second kappa shape index (κ2) is 6.13. The fraction of sp³-hybridized carbons (Fsp3) is 0.188. The van der Waals surface area contributed by atoms with E-state index in [9.17, 15) is 9.50 Å². The summed E-state index contributed by atoms with van der Waals surface area (Å²) < 4.78 is 19.6. The monoisotopic (exact) mass is 302 g/mol. The molecule has 5 nitrogen and oxygen atoms in total. The highest BCUT2D eigenvalue weighted by molar-refractivity contribution is 5.76. The number of aliphatic hydroxyl groups excluding tert-OH is 2. The van der Waals surface area contributed by atoms with Crippen molar-refractivity contribution in [3.63, 3.8) is 0 Å². The number of anilines is 1. The Morgan fingerprint density at radius 2 is 2.05 bits per heavy atom. The Morgan fingerprint density at radius 3 is 2.82 bits per heavy atom. The highest BCUT2D eigenvalue weighted by atomic mass is 19.1. The minimum absolute atomic E-state index is 0.162. The van der Waals surface area contributed by atoms with E-state index in [4.69, 9.17) is 9.52 Å². The Bertz CT molecular complexity index is 755. The van der Waals surface area contributed by atoms with Gasteiger partial charge in [0.2, 0.25) is 5.89 Å². The number of hydrogen-bond donors (Lipinski definition) is 3. The van der Waals surface area contributed by atoms with Crippen LogP contribution in [0.4, 0.5) is 10.1 Å². The first-order valence-corrected chi connectivity index (χ1v) is 6.85. The van der Waals surface area contributed by atoms with Gasteiger partial charge < -0.3 is 19.9 Å². The summed E-state index contributed by atoms with van der Waals surface area (Å²) in [5, 5.41) is 21.1. The molecule has 1 atom stereocenters. The first-order chi connectivity index (χ1) is 10.7. The molecule has 1 aromatic heterocycles. The van der Waals surface area contributed by atoms with Gasteiger partial charge in [-0.2, -0.15) is 0 Å². The van der Waals surface area contributed by atoms with E-state index < -0.39 is 11.9 Å². The van der Waals surface area contributed by atoms with Crippen molar-refractivity contribution in [2.45, 2.75) is 6.10 Å². The van der Waals surface area contributed by atoms with Crippen LogP contribution in [0.3, 0.4) is 0 Å². The molecular formula is C16H15FN2O3. The maximum absolute atomic E-state index is 14.0. The zero-order valence-electron chi connectivity index (χ0n) is 11.7. The predicted molar refractivity (Wildman–Crippen MR) is 81.0 cm³/mol. The lowest BCUT2D eigenvalue weighted by Gasteiger charge is -2.11. The molecule has 1 unspecified atom stereocenters. The van der Waals surface area contributed by atoms with Gasteiger partial charge >= 0.3 is 0 Å². The topological polar surface area (TPSA) is 78.5 Å². The molecule has 0 amide bonds. The normalized spacial score (nSPS) is 12.5. The van der Waals surface area contributed by atoms with Crippen molar-refractivity contribution < 1.29 is 19.0 Å². The van der Waals surface area contributed by atoms with Gasteiger partial charge in [-0.15, -0.1) is 0 Å². The van der Waals surface area contributed by atoms with Gasteiger partial charge in [0, 0.05) is 12.2 Å². The van der Waals surface area contributed by atoms with Crippen LogP contribution in [0, 0.1) is 5.82 Å². The van der Waals surface area contributed by atoms with Gasteiger partial charge in [0.15, 0.2) is 5.58 Å². The van der Waals surface area contributed by atoms with Crippen molar-refractivity contribution in [3.05, 3.63) is 48.3 Å². The zero-order chi connectivity index (χ0) is 15.5. The van der Waals surface area contributed by atoms with Crippen molar-refractivity contribution in [1.29, 1.82) is 0 Å². The zero-order valence-corrected chi connectivity index (χ0v) is 11.7. The molecular weight excluding hydrogens is 287 g/mol.